The highest BCUT2D eigenvalue weighted by Gasteiger charge is 2.33. The maximum atomic E-state index is 12.2. The van der Waals surface area contributed by atoms with E-state index in [1.165, 1.54) is 0 Å². The minimum absolute atomic E-state index is 0.261. The second-order valence-corrected chi connectivity index (χ2v) is 6.38. The van der Waals surface area contributed by atoms with E-state index < -0.39 is 12.5 Å². The Hall–Kier alpha value is -2.12. The Kier molecular flexibility index (Phi) is 4.00. The topological polar surface area (TPSA) is 66.8 Å². The highest BCUT2D eigenvalue weighted by Crippen LogP contribution is 2.33. The van der Waals surface area contributed by atoms with E-state index in [1.807, 2.05) is 30.3 Å². The van der Waals surface area contributed by atoms with Crippen LogP contribution in [0.4, 0.5) is 0 Å². The second-order valence-electron chi connectivity index (χ2n) is 4.71. The van der Waals surface area contributed by atoms with Crippen LogP contribution in [0.2, 0.25) is 0 Å². The van der Waals surface area contributed by atoms with Crippen molar-refractivity contribution in [1.82, 2.24) is 4.90 Å². The van der Waals surface area contributed by atoms with Gasteiger partial charge in [-0.1, -0.05) is 42.2 Å². The minimum atomic E-state index is -1.09. The van der Waals surface area contributed by atoms with Gasteiger partial charge in [0.05, 0.1) is 4.91 Å². The monoisotopic (exact) mass is 333 g/mol. The zero-order valence-electron chi connectivity index (χ0n) is 11.3. The molecule has 1 N–H and O–H groups in total. The molecular weight excluding hydrogens is 322 g/mol. The Morgan fingerprint density at radius 1 is 1.45 bits per heavy atom. The molecule has 1 saturated heterocycles. The van der Waals surface area contributed by atoms with Crippen LogP contribution >= 0.6 is 24.0 Å². The Morgan fingerprint density at radius 2 is 2.23 bits per heavy atom. The predicted octanol–water partition coefficient (Wildman–Crippen LogP) is 2.29. The SMILES string of the molecule is O=C(O)CN1C(=O)C(=CC2=Cc3ccccc3OC2)SC1=S. The van der Waals surface area contributed by atoms with E-state index in [1.54, 1.807) is 6.08 Å². The molecule has 112 valence electrons. The summed E-state index contributed by atoms with van der Waals surface area (Å²) < 4.78 is 5.89. The second kappa shape index (κ2) is 5.94. The summed E-state index contributed by atoms with van der Waals surface area (Å²) in [5.41, 5.74) is 1.79. The van der Waals surface area contributed by atoms with Crippen LogP contribution in [-0.4, -0.2) is 39.4 Å². The summed E-state index contributed by atoms with van der Waals surface area (Å²) in [6.07, 6.45) is 3.65. The number of nitrogens with zero attached hydrogens (tertiary/aromatic N) is 1. The number of benzene rings is 1. The molecule has 1 aromatic carbocycles. The summed E-state index contributed by atoms with van der Waals surface area (Å²) in [5, 5.41) is 8.81. The van der Waals surface area contributed by atoms with Crippen LogP contribution in [0.1, 0.15) is 5.56 Å². The molecule has 0 aromatic heterocycles. The number of hydrogen-bond donors (Lipinski definition) is 1. The summed E-state index contributed by atoms with van der Waals surface area (Å²) in [6, 6.07) is 7.62. The van der Waals surface area contributed by atoms with Gasteiger partial charge < -0.3 is 9.84 Å². The molecule has 3 rings (SSSR count). The van der Waals surface area contributed by atoms with Crippen LogP contribution in [0, 0.1) is 0 Å². The van der Waals surface area contributed by atoms with Gasteiger partial charge in [0.1, 0.15) is 23.2 Å². The number of rotatable bonds is 3. The smallest absolute Gasteiger partial charge is 0.323 e. The Balaban J connectivity index is 1.85. The third-order valence-corrected chi connectivity index (χ3v) is 4.52. The maximum absolute atomic E-state index is 12.2. The fourth-order valence-corrected chi connectivity index (χ4v) is 3.43. The van der Waals surface area contributed by atoms with Gasteiger partial charge in [0, 0.05) is 5.56 Å². The van der Waals surface area contributed by atoms with Crippen molar-refractivity contribution >= 4 is 46.3 Å². The van der Waals surface area contributed by atoms with E-state index in [2.05, 4.69) is 0 Å². The highest BCUT2D eigenvalue weighted by molar-refractivity contribution is 8.26. The first-order valence-electron chi connectivity index (χ1n) is 6.44. The summed E-state index contributed by atoms with van der Waals surface area (Å²) in [5.74, 6) is -0.665. The predicted molar refractivity (Wildman–Crippen MR) is 87.5 cm³/mol. The van der Waals surface area contributed by atoms with Crippen molar-refractivity contribution in [2.24, 2.45) is 0 Å². The van der Waals surface area contributed by atoms with Crippen molar-refractivity contribution in [2.75, 3.05) is 13.2 Å². The average molecular weight is 333 g/mol. The van der Waals surface area contributed by atoms with Crippen molar-refractivity contribution < 1.29 is 19.4 Å². The molecule has 2 aliphatic heterocycles. The van der Waals surface area contributed by atoms with E-state index in [0.717, 1.165) is 33.5 Å². The molecule has 1 aromatic rings. The van der Waals surface area contributed by atoms with Gasteiger partial charge in [-0.05, 0) is 23.8 Å². The number of para-hydroxylation sites is 1. The Morgan fingerprint density at radius 3 is 3.00 bits per heavy atom. The van der Waals surface area contributed by atoms with E-state index in [4.69, 9.17) is 22.1 Å². The lowest BCUT2D eigenvalue weighted by atomic mass is 10.1. The minimum Gasteiger partial charge on any atom is -0.488 e. The van der Waals surface area contributed by atoms with Crippen molar-refractivity contribution in [1.29, 1.82) is 0 Å². The first-order valence-corrected chi connectivity index (χ1v) is 7.66. The Bertz CT molecular complexity index is 739. The molecule has 1 amide bonds. The molecule has 0 saturated carbocycles. The Labute approximate surface area is 136 Å². The highest BCUT2D eigenvalue weighted by atomic mass is 32.2. The zero-order valence-corrected chi connectivity index (χ0v) is 12.9. The average Bonchev–Trinajstić information content (AvgIpc) is 2.74. The molecule has 5 nitrogen and oxygen atoms in total. The lowest BCUT2D eigenvalue weighted by molar-refractivity contribution is -0.140. The molecule has 0 atom stereocenters. The fourth-order valence-electron chi connectivity index (χ4n) is 2.16. The number of carboxylic acids is 1. The number of aliphatic carboxylic acids is 1. The van der Waals surface area contributed by atoms with Crippen molar-refractivity contribution in [2.45, 2.75) is 0 Å². The number of thiocarbonyl (C=S) groups is 1. The lowest BCUT2D eigenvalue weighted by Crippen LogP contribution is -2.33. The molecule has 22 heavy (non-hydrogen) atoms. The van der Waals surface area contributed by atoms with Crippen LogP contribution in [0.25, 0.3) is 6.08 Å². The van der Waals surface area contributed by atoms with E-state index in [0.29, 0.717) is 11.5 Å². The third-order valence-electron chi connectivity index (χ3n) is 3.14. The molecule has 0 radical (unpaired) electrons. The number of fused-ring (bicyclic) bond motifs is 1. The zero-order chi connectivity index (χ0) is 15.7. The van der Waals surface area contributed by atoms with Crippen LogP contribution in [-0.2, 0) is 9.59 Å². The number of carboxylic acid groups (broad SMARTS) is 1. The number of amides is 1. The normalized spacial score (nSPS) is 19.0. The molecule has 0 bridgehead atoms. The standard InChI is InChI=1S/C15H11NO4S2/c17-13(18)7-16-14(19)12(22-15(16)21)6-9-5-10-3-1-2-4-11(10)20-8-9/h1-6H,7-8H2,(H,17,18). The van der Waals surface area contributed by atoms with Gasteiger partial charge in [-0.25, -0.2) is 0 Å². The number of thioether (sulfide) groups is 1. The number of ether oxygens (including phenoxy) is 1. The van der Waals surface area contributed by atoms with Gasteiger partial charge in [-0.2, -0.15) is 0 Å². The van der Waals surface area contributed by atoms with Crippen LogP contribution in [0.5, 0.6) is 5.75 Å². The van der Waals surface area contributed by atoms with E-state index in [-0.39, 0.29) is 10.2 Å². The molecule has 0 spiro atoms. The first-order chi connectivity index (χ1) is 10.5. The van der Waals surface area contributed by atoms with Gasteiger partial charge in [0.2, 0.25) is 0 Å². The molecule has 1 fully saturated rings. The summed E-state index contributed by atoms with van der Waals surface area (Å²) >= 11 is 6.16. The quantitative estimate of drug-likeness (QED) is 0.676. The first kappa shape index (κ1) is 14.8. The van der Waals surface area contributed by atoms with Gasteiger partial charge >= 0.3 is 5.97 Å². The van der Waals surface area contributed by atoms with Gasteiger partial charge in [-0.3, -0.25) is 14.5 Å². The third kappa shape index (κ3) is 2.90. The van der Waals surface area contributed by atoms with Gasteiger partial charge in [0.25, 0.3) is 5.91 Å². The fraction of sp³-hybridized carbons (Fsp3) is 0.133. The van der Waals surface area contributed by atoms with E-state index >= 15 is 0 Å². The van der Waals surface area contributed by atoms with Crippen molar-refractivity contribution in [3.8, 4) is 5.75 Å². The molecule has 0 unspecified atom stereocenters. The summed E-state index contributed by atoms with van der Waals surface area (Å²) in [7, 11) is 0. The number of carbonyl (C=O) groups is 2. The molecule has 2 heterocycles. The van der Waals surface area contributed by atoms with E-state index in [9.17, 15) is 9.59 Å². The largest absolute Gasteiger partial charge is 0.488 e. The lowest BCUT2D eigenvalue weighted by Gasteiger charge is -2.16. The molecule has 0 aliphatic carbocycles. The molecule has 7 heteroatoms. The van der Waals surface area contributed by atoms with Gasteiger partial charge in [0.15, 0.2) is 0 Å². The van der Waals surface area contributed by atoms with Crippen molar-refractivity contribution in [3.63, 3.8) is 0 Å². The molecule has 2 aliphatic rings. The van der Waals surface area contributed by atoms with Gasteiger partial charge in [-0.15, -0.1) is 0 Å². The van der Waals surface area contributed by atoms with Crippen molar-refractivity contribution in [3.05, 3.63) is 46.4 Å². The molecular formula is C15H11NO4S2. The van der Waals surface area contributed by atoms with Crippen LogP contribution < -0.4 is 4.74 Å². The van der Waals surface area contributed by atoms with Crippen LogP contribution in [0.15, 0.2) is 40.8 Å². The summed E-state index contributed by atoms with van der Waals surface area (Å²) in [6.45, 7) is -0.0551. The maximum Gasteiger partial charge on any atom is 0.323 e. The summed E-state index contributed by atoms with van der Waals surface area (Å²) in [4.78, 5) is 24.5. The van der Waals surface area contributed by atoms with Crippen LogP contribution in [0.3, 0.4) is 0 Å². The number of carbonyl (C=O) groups excluding carboxylic acids is 1. The number of hydrogen-bond acceptors (Lipinski definition) is 5.